The molecule has 0 bridgehead atoms. The van der Waals surface area contributed by atoms with Crippen molar-refractivity contribution in [2.75, 3.05) is 39.9 Å². The van der Waals surface area contributed by atoms with E-state index in [0.29, 0.717) is 44.0 Å². The Morgan fingerprint density at radius 3 is 2.74 bits per heavy atom. The van der Waals surface area contributed by atoms with E-state index in [1.54, 1.807) is 19.4 Å². The van der Waals surface area contributed by atoms with Crippen molar-refractivity contribution in [3.8, 4) is 0 Å². The van der Waals surface area contributed by atoms with Crippen LogP contribution in [0.5, 0.6) is 0 Å². The Morgan fingerprint density at radius 2 is 2.13 bits per heavy atom. The van der Waals surface area contributed by atoms with Crippen molar-refractivity contribution >= 4 is 11.8 Å². The molecule has 0 radical (unpaired) electrons. The van der Waals surface area contributed by atoms with Crippen molar-refractivity contribution in [2.45, 2.75) is 26.2 Å². The van der Waals surface area contributed by atoms with Crippen LogP contribution in [0.25, 0.3) is 0 Å². The molecule has 6 nitrogen and oxygen atoms in total. The first-order valence-electron chi connectivity index (χ1n) is 8.15. The molecule has 126 valence electrons. The number of amides is 2. The third-order valence-corrected chi connectivity index (χ3v) is 5.17. The summed E-state index contributed by atoms with van der Waals surface area (Å²) in [5.41, 5.74) is 0.678. The van der Waals surface area contributed by atoms with Gasteiger partial charge in [0.05, 0.1) is 18.4 Å². The number of hydrogen-bond donors (Lipinski definition) is 0. The number of furan rings is 1. The Hall–Kier alpha value is -1.82. The van der Waals surface area contributed by atoms with Gasteiger partial charge in [-0.3, -0.25) is 9.59 Å². The predicted molar refractivity (Wildman–Crippen MR) is 84.1 cm³/mol. The van der Waals surface area contributed by atoms with Gasteiger partial charge in [-0.2, -0.15) is 0 Å². The molecule has 0 unspecified atom stereocenters. The first kappa shape index (κ1) is 16.1. The lowest BCUT2D eigenvalue weighted by atomic mass is 9.77. The molecule has 0 atom stereocenters. The van der Waals surface area contributed by atoms with E-state index in [0.717, 1.165) is 19.4 Å². The molecule has 2 aliphatic heterocycles. The van der Waals surface area contributed by atoms with Crippen LogP contribution in [0.3, 0.4) is 0 Å². The van der Waals surface area contributed by atoms with Gasteiger partial charge in [-0.15, -0.1) is 0 Å². The Kier molecular flexibility index (Phi) is 4.43. The largest absolute Gasteiger partial charge is 0.469 e. The molecule has 0 saturated carbocycles. The van der Waals surface area contributed by atoms with Crippen LogP contribution in [0, 0.1) is 12.3 Å². The molecule has 0 aromatic carbocycles. The monoisotopic (exact) mass is 320 g/mol. The van der Waals surface area contributed by atoms with Crippen molar-refractivity contribution in [2.24, 2.45) is 5.41 Å². The number of nitrogens with zero attached hydrogens (tertiary/aromatic N) is 2. The van der Waals surface area contributed by atoms with Crippen molar-refractivity contribution in [1.29, 1.82) is 0 Å². The molecule has 2 fully saturated rings. The molecule has 0 N–H and O–H groups in total. The summed E-state index contributed by atoms with van der Waals surface area (Å²) >= 11 is 0. The maximum atomic E-state index is 12.5. The lowest BCUT2D eigenvalue weighted by molar-refractivity contribution is -0.128. The fourth-order valence-corrected chi connectivity index (χ4v) is 3.68. The molecule has 2 saturated heterocycles. The van der Waals surface area contributed by atoms with Gasteiger partial charge in [0.1, 0.15) is 5.76 Å². The molecule has 0 aliphatic carbocycles. The van der Waals surface area contributed by atoms with E-state index < -0.39 is 0 Å². The fraction of sp³-hybridized carbons (Fsp3) is 0.647. The van der Waals surface area contributed by atoms with Crippen LogP contribution in [0.1, 0.15) is 35.4 Å². The van der Waals surface area contributed by atoms with Crippen molar-refractivity contribution < 1.29 is 18.7 Å². The highest BCUT2D eigenvalue weighted by atomic mass is 16.5. The second kappa shape index (κ2) is 6.35. The van der Waals surface area contributed by atoms with Gasteiger partial charge in [0.15, 0.2) is 0 Å². The molecule has 1 aromatic rings. The van der Waals surface area contributed by atoms with Crippen molar-refractivity contribution in [3.05, 3.63) is 23.7 Å². The van der Waals surface area contributed by atoms with Crippen LogP contribution in [0.15, 0.2) is 16.7 Å². The molecular weight excluding hydrogens is 296 g/mol. The summed E-state index contributed by atoms with van der Waals surface area (Å²) in [6.45, 7) is 5.24. The molecule has 23 heavy (non-hydrogen) atoms. The summed E-state index contributed by atoms with van der Waals surface area (Å²) in [7, 11) is 1.65. The summed E-state index contributed by atoms with van der Waals surface area (Å²) < 4.78 is 10.3. The number of aryl methyl sites for hydroxylation is 1. The van der Waals surface area contributed by atoms with Gasteiger partial charge < -0.3 is 19.0 Å². The minimum absolute atomic E-state index is 0.0339. The van der Waals surface area contributed by atoms with Crippen LogP contribution in [-0.4, -0.2) is 61.5 Å². The number of ether oxygens (including phenoxy) is 1. The second-order valence-electron chi connectivity index (χ2n) is 6.67. The Labute approximate surface area is 136 Å². The fourth-order valence-electron chi connectivity index (χ4n) is 3.68. The number of carbonyl (C=O) groups is 2. The third kappa shape index (κ3) is 3.13. The summed E-state index contributed by atoms with van der Waals surface area (Å²) in [4.78, 5) is 28.5. The molecule has 1 aromatic heterocycles. The number of rotatable bonds is 4. The second-order valence-corrected chi connectivity index (χ2v) is 6.67. The third-order valence-electron chi connectivity index (χ3n) is 5.17. The molecule has 2 amide bonds. The molecule has 2 aliphatic rings. The lowest BCUT2D eigenvalue weighted by Crippen LogP contribution is -2.44. The lowest BCUT2D eigenvalue weighted by Gasteiger charge is -2.38. The summed E-state index contributed by atoms with van der Waals surface area (Å²) in [6, 6.07) is 1.73. The van der Waals surface area contributed by atoms with E-state index in [4.69, 9.17) is 9.15 Å². The Balaban J connectivity index is 1.59. The molecule has 1 spiro atoms. The standard InChI is InChI=1S/C17H24N2O4/c1-13-14(3-9-23-13)16(21)18-6-4-17(5-7-18)11-15(20)19(12-17)8-10-22-2/h3,9H,4-8,10-12H2,1-2H3. The van der Waals surface area contributed by atoms with E-state index in [9.17, 15) is 9.59 Å². The van der Waals surface area contributed by atoms with Crippen molar-refractivity contribution in [1.82, 2.24) is 9.80 Å². The van der Waals surface area contributed by atoms with Gasteiger partial charge in [-0.05, 0) is 25.8 Å². The maximum absolute atomic E-state index is 12.5. The first-order valence-corrected chi connectivity index (χ1v) is 8.15. The van der Waals surface area contributed by atoms with Gasteiger partial charge in [0.25, 0.3) is 5.91 Å². The zero-order valence-corrected chi connectivity index (χ0v) is 13.8. The molecule has 3 rings (SSSR count). The van der Waals surface area contributed by atoms with E-state index in [2.05, 4.69) is 0 Å². The number of carbonyl (C=O) groups excluding carboxylic acids is 2. The molecular formula is C17H24N2O4. The van der Waals surface area contributed by atoms with Crippen LogP contribution in [-0.2, 0) is 9.53 Å². The van der Waals surface area contributed by atoms with Crippen LogP contribution in [0.2, 0.25) is 0 Å². The zero-order chi connectivity index (χ0) is 16.4. The quantitative estimate of drug-likeness (QED) is 0.847. The summed E-state index contributed by atoms with van der Waals surface area (Å²) in [5.74, 6) is 0.913. The van der Waals surface area contributed by atoms with Crippen LogP contribution in [0.4, 0.5) is 0 Å². The number of piperidine rings is 1. The van der Waals surface area contributed by atoms with Gasteiger partial charge in [-0.25, -0.2) is 0 Å². The molecule has 3 heterocycles. The summed E-state index contributed by atoms with van der Waals surface area (Å²) in [6.07, 6.45) is 3.91. The van der Waals surface area contributed by atoms with E-state index >= 15 is 0 Å². The first-order chi connectivity index (χ1) is 11.0. The summed E-state index contributed by atoms with van der Waals surface area (Å²) in [5, 5.41) is 0. The van der Waals surface area contributed by atoms with Crippen LogP contribution < -0.4 is 0 Å². The van der Waals surface area contributed by atoms with Gasteiger partial charge in [0, 0.05) is 45.1 Å². The van der Waals surface area contributed by atoms with E-state index in [1.807, 2.05) is 16.7 Å². The van der Waals surface area contributed by atoms with Crippen molar-refractivity contribution in [3.63, 3.8) is 0 Å². The minimum atomic E-state index is 0.0339. The van der Waals surface area contributed by atoms with E-state index in [-0.39, 0.29) is 17.2 Å². The van der Waals surface area contributed by atoms with Gasteiger partial charge >= 0.3 is 0 Å². The van der Waals surface area contributed by atoms with Crippen LogP contribution >= 0.6 is 0 Å². The average Bonchev–Trinajstić information content (AvgIpc) is 3.09. The highest BCUT2D eigenvalue weighted by molar-refractivity contribution is 5.95. The Bertz CT molecular complexity index is 587. The maximum Gasteiger partial charge on any atom is 0.257 e. The number of hydrogen-bond acceptors (Lipinski definition) is 4. The number of methoxy groups -OCH3 is 1. The van der Waals surface area contributed by atoms with Gasteiger partial charge in [-0.1, -0.05) is 0 Å². The highest BCUT2D eigenvalue weighted by Gasteiger charge is 2.45. The van der Waals surface area contributed by atoms with Gasteiger partial charge in [0.2, 0.25) is 5.91 Å². The van der Waals surface area contributed by atoms with E-state index in [1.165, 1.54) is 0 Å². The topological polar surface area (TPSA) is 63.0 Å². The zero-order valence-electron chi connectivity index (χ0n) is 13.8. The highest BCUT2D eigenvalue weighted by Crippen LogP contribution is 2.41. The smallest absolute Gasteiger partial charge is 0.257 e. The average molecular weight is 320 g/mol. The predicted octanol–water partition coefficient (Wildman–Crippen LogP) is 1.69. The Morgan fingerprint density at radius 1 is 1.39 bits per heavy atom. The molecule has 6 heteroatoms. The normalized spacial score (nSPS) is 20.5. The SMILES string of the molecule is COCCN1CC2(CCN(C(=O)c3ccoc3C)CC2)CC1=O. The number of likely N-dealkylation sites (tertiary alicyclic amines) is 2. The minimum Gasteiger partial charge on any atom is -0.469 e.